The molecule has 0 unspecified atom stereocenters. The first kappa shape index (κ1) is 20.1. The van der Waals surface area contributed by atoms with E-state index in [4.69, 9.17) is 0 Å². The maximum absolute atomic E-state index is 13.3. The molecule has 4 aromatic rings. The molecule has 6 nitrogen and oxygen atoms in total. The van der Waals surface area contributed by atoms with Gasteiger partial charge in [0.25, 0.3) is 5.56 Å². The first-order valence-corrected chi connectivity index (χ1v) is 9.88. The van der Waals surface area contributed by atoms with Crippen molar-refractivity contribution >= 4 is 11.9 Å². The molecule has 0 amide bonds. The van der Waals surface area contributed by atoms with Crippen LogP contribution in [-0.4, -0.2) is 26.8 Å². The summed E-state index contributed by atoms with van der Waals surface area (Å²) >= 11 is 0. The predicted molar refractivity (Wildman–Crippen MR) is 124 cm³/mol. The van der Waals surface area contributed by atoms with Gasteiger partial charge in [0.15, 0.2) is 0 Å². The van der Waals surface area contributed by atoms with Gasteiger partial charge in [-0.3, -0.25) is 9.89 Å². The Kier molecular flexibility index (Phi) is 5.62. The SMILES string of the molecule is Cc1ccc(/C=N/N=C(\c2ccccc2)c2c(C)[nH]n(-c3ccccc3)c2=O)c(O)c1. The van der Waals surface area contributed by atoms with Crippen molar-refractivity contribution in [3.63, 3.8) is 0 Å². The molecule has 0 spiro atoms. The number of nitrogens with zero attached hydrogens (tertiary/aromatic N) is 3. The Morgan fingerprint density at radius 3 is 2.32 bits per heavy atom. The molecule has 0 saturated heterocycles. The van der Waals surface area contributed by atoms with E-state index < -0.39 is 0 Å². The molecule has 1 heterocycles. The van der Waals surface area contributed by atoms with E-state index in [-0.39, 0.29) is 11.3 Å². The number of H-pyrrole nitrogens is 1. The van der Waals surface area contributed by atoms with E-state index in [1.165, 1.54) is 10.9 Å². The highest BCUT2D eigenvalue weighted by Crippen LogP contribution is 2.17. The van der Waals surface area contributed by atoms with Crippen LogP contribution in [0.1, 0.15) is 27.9 Å². The molecule has 6 heteroatoms. The van der Waals surface area contributed by atoms with Gasteiger partial charge in [-0.25, -0.2) is 4.68 Å². The lowest BCUT2D eigenvalue weighted by Crippen LogP contribution is -2.21. The Hall–Kier alpha value is -4.19. The molecule has 0 saturated carbocycles. The van der Waals surface area contributed by atoms with E-state index >= 15 is 0 Å². The van der Waals surface area contributed by atoms with Crippen LogP contribution in [0.2, 0.25) is 0 Å². The summed E-state index contributed by atoms with van der Waals surface area (Å²) in [6.07, 6.45) is 1.48. The number of phenolic OH excluding ortho intramolecular Hbond substituents is 1. The van der Waals surface area contributed by atoms with E-state index in [1.807, 2.05) is 80.6 Å². The van der Waals surface area contributed by atoms with Crippen LogP contribution in [0.25, 0.3) is 5.69 Å². The summed E-state index contributed by atoms with van der Waals surface area (Å²) < 4.78 is 1.50. The summed E-state index contributed by atoms with van der Waals surface area (Å²) in [5.74, 6) is 0.129. The van der Waals surface area contributed by atoms with Crippen molar-refractivity contribution in [1.82, 2.24) is 9.78 Å². The number of rotatable bonds is 5. The van der Waals surface area contributed by atoms with Gasteiger partial charge in [-0.1, -0.05) is 54.6 Å². The molecular formula is C25H22N4O2. The van der Waals surface area contributed by atoms with Crippen LogP contribution in [0.15, 0.2) is 93.9 Å². The Labute approximate surface area is 179 Å². The molecule has 31 heavy (non-hydrogen) atoms. The number of nitrogens with one attached hydrogen (secondary N) is 1. The van der Waals surface area contributed by atoms with Crippen molar-refractivity contribution in [1.29, 1.82) is 0 Å². The molecule has 0 bridgehead atoms. The number of hydrogen-bond donors (Lipinski definition) is 2. The topological polar surface area (TPSA) is 82.7 Å². The molecule has 2 N–H and O–H groups in total. The third-order valence-electron chi connectivity index (χ3n) is 4.91. The minimum Gasteiger partial charge on any atom is -0.507 e. The molecule has 0 radical (unpaired) electrons. The highest BCUT2D eigenvalue weighted by Gasteiger charge is 2.19. The normalized spacial score (nSPS) is 11.9. The van der Waals surface area contributed by atoms with Crippen LogP contribution >= 0.6 is 0 Å². The Balaban J connectivity index is 1.82. The summed E-state index contributed by atoms with van der Waals surface area (Å²) in [4.78, 5) is 13.3. The number of aryl methyl sites for hydroxylation is 2. The molecule has 0 aliphatic rings. The summed E-state index contributed by atoms with van der Waals surface area (Å²) in [6.45, 7) is 3.74. The average molecular weight is 410 g/mol. The second-order valence-electron chi connectivity index (χ2n) is 7.21. The zero-order valence-corrected chi connectivity index (χ0v) is 17.3. The first-order valence-electron chi connectivity index (χ1n) is 9.88. The van der Waals surface area contributed by atoms with Crippen LogP contribution in [0.4, 0.5) is 0 Å². The largest absolute Gasteiger partial charge is 0.507 e. The standard InChI is InChI=1S/C25H22N4O2/c1-17-13-14-20(22(30)15-17)16-26-27-24(19-9-5-3-6-10-19)23-18(2)28-29(25(23)31)21-11-7-4-8-12-21/h3-16,28,30H,1-2H3/b26-16+,27-24+. The molecular weight excluding hydrogens is 388 g/mol. The van der Waals surface area contributed by atoms with Crippen LogP contribution in [0.5, 0.6) is 5.75 Å². The molecule has 0 aliphatic carbocycles. The van der Waals surface area contributed by atoms with E-state index in [9.17, 15) is 9.90 Å². The maximum atomic E-state index is 13.3. The quantitative estimate of drug-likeness (QED) is 0.379. The minimum absolute atomic E-state index is 0.129. The van der Waals surface area contributed by atoms with Crippen LogP contribution < -0.4 is 5.56 Å². The van der Waals surface area contributed by atoms with Crippen molar-refractivity contribution in [2.24, 2.45) is 10.2 Å². The lowest BCUT2D eigenvalue weighted by molar-refractivity contribution is 0.474. The summed E-state index contributed by atoms with van der Waals surface area (Å²) in [5.41, 5.74) is 4.39. The predicted octanol–water partition coefficient (Wildman–Crippen LogP) is 4.36. The van der Waals surface area contributed by atoms with Gasteiger partial charge in [0.1, 0.15) is 11.5 Å². The third kappa shape index (κ3) is 4.23. The number of hydrogen-bond acceptors (Lipinski definition) is 4. The summed E-state index contributed by atoms with van der Waals surface area (Å²) in [6, 6.07) is 24.1. The Morgan fingerprint density at radius 1 is 0.968 bits per heavy atom. The summed E-state index contributed by atoms with van der Waals surface area (Å²) in [5, 5.41) is 21.8. The number of aromatic amines is 1. The second-order valence-corrected chi connectivity index (χ2v) is 7.21. The number of aromatic hydroxyl groups is 1. The van der Waals surface area contributed by atoms with Crippen LogP contribution in [0, 0.1) is 13.8 Å². The van der Waals surface area contributed by atoms with Crippen molar-refractivity contribution in [3.8, 4) is 11.4 Å². The third-order valence-corrected chi connectivity index (χ3v) is 4.91. The molecule has 0 fully saturated rings. The number of benzene rings is 3. The minimum atomic E-state index is -0.209. The lowest BCUT2D eigenvalue weighted by atomic mass is 10.0. The van der Waals surface area contributed by atoms with E-state index in [1.54, 1.807) is 12.1 Å². The Bertz CT molecular complexity index is 1320. The fourth-order valence-corrected chi connectivity index (χ4v) is 3.34. The van der Waals surface area contributed by atoms with Gasteiger partial charge in [0.2, 0.25) is 0 Å². The lowest BCUT2D eigenvalue weighted by Gasteiger charge is -2.03. The highest BCUT2D eigenvalue weighted by atomic mass is 16.3. The van der Waals surface area contributed by atoms with Gasteiger partial charge in [-0.15, -0.1) is 5.10 Å². The summed E-state index contributed by atoms with van der Waals surface area (Å²) in [7, 11) is 0. The number of aromatic nitrogens is 2. The van der Waals surface area contributed by atoms with Crippen molar-refractivity contribution < 1.29 is 5.11 Å². The molecule has 0 atom stereocenters. The average Bonchev–Trinajstić information content (AvgIpc) is 3.08. The smallest absolute Gasteiger partial charge is 0.281 e. The Morgan fingerprint density at radius 2 is 1.65 bits per heavy atom. The highest BCUT2D eigenvalue weighted by molar-refractivity contribution is 6.13. The van der Waals surface area contributed by atoms with Crippen LogP contribution in [0.3, 0.4) is 0 Å². The molecule has 0 aliphatic heterocycles. The zero-order chi connectivity index (χ0) is 21.8. The van der Waals surface area contributed by atoms with Gasteiger partial charge < -0.3 is 5.11 Å². The van der Waals surface area contributed by atoms with E-state index in [2.05, 4.69) is 15.3 Å². The van der Waals surface area contributed by atoms with Gasteiger partial charge in [-0.2, -0.15) is 5.10 Å². The number of phenols is 1. The number of para-hydroxylation sites is 1. The fourth-order valence-electron chi connectivity index (χ4n) is 3.34. The van der Waals surface area contributed by atoms with Crippen LogP contribution in [-0.2, 0) is 0 Å². The van der Waals surface area contributed by atoms with Crippen molar-refractivity contribution in [3.05, 3.63) is 117 Å². The zero-order valence-electron chi connectivity index (χ0n) is 17.3. The van der Waals surface area contributed by atoms with Crippen molar-refractivity contribution in [2.75, 3.05) is 0 Å². The molecule has 4 rings (SSSR count). The second kappa shape index (κ2) is 8.67. The van der Waals surface area contributed by atoms with Crippen molar-refractivity contribution in [2.45, 2.75) is 13.8 Å². The van der Waals surface area contributed by atoms with Gasteiger partial charge >= 0.3 is 0 Å². The maximum Gasteiger partial charge on any atom is 0.281 e. The van der Waals surface area contributed by atoms with E-state index in [0.29, 0.717) is 22.5 Å². The van der Waals surface area contributed by atoms with Gasteiger partial charge in [0, 0.05) is 16.8 Å². The van der Waals surface area contributed by atoms with E-state index in [0.717, 1.165) is 16.8 Å². The first-order chi connectivity index (χ1) is 15.0. The van der Waals surface area contributed by atoms with Gasteiger partial charge in [-0.05, 0) is 43.7 Å². The van der Waals surface area contributed by atoms with Gasteiger partial charge in [0.05, 0.1) is 17.5 Å². The monoisotopic (exact) mass is 410 g/mol. The molecule has 1 aromatic heterocycles. The fraction of sp³-hybridized carbons (Fsp3) is 0.0800. The molecule has 154 valence electrons. The molecule has 3 aromatic carbocycles.